The summed E-state index contributed by atoms with van der Waals surface area (Å²) in [4.78, 5) is 4.32. The average Bonchev–Trinajstić information content (AvgIpc) is 2.99. The maximum absolute atomic E-state index is 13.1. The smallest absolute Gasteiger partial charge is 0.229 e. The van der Waals surface area contributed by atoms with Crippen LogP contribution < -0.4 is 9.44 Å². The number of nitrogens with one attached hydrogen (secondary N) is 2. The van der Waals surface area contributed by atoms with Crippen molar-refractivity contribution in [3.8, 4) is 11.5 Å². The van der Waals surface area contributed by atoms with Crippen molar-refractivity contribution in [2.45, 2.75) is 144 Å². The summed E-state index contributed by atoms with van der Waals surface area (Å²) in [5, 5.41) is 24.4. The number of rotatable bonds is 4. The highest BCUT2D eigenvalue weighted by Gasteiger charge is 2.30. The second-order valence-electron chi connectivity index (χ2n) is 18.5. The number of phenolic OH excluding ortho intramolecular Hbond substituents is 2. The van der Waals surface area contributed by atoms with Crippen LogP contribution in [0.5, 0.6) is 11.5 Å². The highest BCUT2D eigenvalue weighted by molar-refractivity contribution is 8.02. The molecule has 1 heterocycles. The van der Waals surface area contributed by atoms with Gasteiger partial charge in [-0.25, -0.2) is 16.8 Å². The Kier molecular flexibility index (Phi) is 12.1. The standard InChI is InChI=1S/C42H54N2O6S6/c1-39(2,3)23-15-27-35(43-55(13,47)48)28(16-23)52-32-20-26(42(10,11)12)22-34(38(32)46)54-30-18-24(40(4,5)6)17-29(36(30)44-56(14,49)50)53-33-21-25(41(7,8)9)19-31(51-27)37(33)45/h15-22,43-46H,1-14H3. The van der Waals surface area contributed by atoms with Crippen LogP contribution in [0.25, 0.3) is 0 Å². The van der Waals surface area contributed by atoms with Crippen LogP contribution in [-0.4, -0.2) is 39.6 Å². The summed E-state index contributed by atoms with van der Waals surface area (Å²) >= 11 is 5.03. The molecule has 56 heavy (non-hydrogen) atoms. The summed E-state index contributed by atoms with van der Waals surface area (Å²) in [6.45, 7) is 25.0. The van der Waals surface area contributed by atoms with Crippen molar-refractivity contribution >= 4 is 78.5 Å². The van der Waals surface area contributed by atoms with E-state index in [1.807, 2.05) is 48.5 Å². The molecule has 0 fully saturated rings. The second-order valence-corrected chi connectivity index (χ2v) is 26.3. The first kappa shape index (κ1) is 44.5. The van der Waals surface area contributed by atoms with Gasteiger partial charge in [0, 0.05) is 19.6 Å². The second kappa shape index (κ2) is 15.2. The number of fused-ring (bicyclic) bond motifs is 8. The number of phenols is 2. The molecule has 4 aromatic carbocycles. The molecule has 4 N–H and O–H groups in total. The molecule has 14 heteroatoms. The Bertz CT molecular complexity index is 2170. The number of sulfonamides is 2. The lowest BCUT2D eigenvalue weighted by atomic mass is 9.87. The first-order chi connectivity index (χ1) is 25.3. The normalized spacial score (nSPS) is 14.4. The minimum Gasteiger partial charge on any atom is -0.506 e. The van der Waals surface area contributed by atoms with Crippen LogP contribution in [-0.2, 0) is 41.7 Å². The van der Waals surface area contributed by atoms with Gasteiger partial charge in [0.15, 0.2) is 0 Å². The number of anilines is 2. The van der Waals surface area contributed by atoms with E-state index in [4.69, 9.17) is 0 Å². The number of hydrogen-bond donors (Lipinski definition) is 4. The van der Waals surface area contributed by atoms with Crippen molar-refractivity contribution in [1.82, 2.24) is 0 Å². The van der Waals surface area contributed by atoms with Gasteiger partial charge in [-0.3, -0.25) is 9.44 Å². The van der Waals surface area contributed by atoms with Crippen LogP contribution in [0, 0.1) is 0 Å². The summed E-state index contributed by atoms with van der Waals surface area (Å²) in [6, 6.07) is 15.6. The van der Waals surface area contributed by atoms with E-state index in [9.17, 15) is 27.0 Å². The Hall–Kier alpha value is -2.62. The van der Waals surface area contributed by atoms with Gasteiger partial charge >= 0.3 is 0 Å². The van der Waals surface area contributed by atoms with E-state index in [1.54, 1.807) is 0 Å². The van der Waals surface area contributed by atoms with Gasteiger partial charge in [-0.1, -0.05) is 130 Å². The van der Waals surface area contributed by atoms with Crippen LogP contribution in [0.15, 0.2) is 87.7 Å². The number of aromatic hydroxyl groups is 2. The predicted molar refractivity (Wildman–Crippen MR) is 237 cm³/mol. The van der Waals surface area contributed by atoms with E-state index in [1.165, 1.54) is 47.0 Å². The number of hydrogen-bond acceptors (Lipinski definition) is 10. The first-order valence-electron chi connectivity index (χ1n) is 18.1. The molecule has 0 saturated carbocycles. The molecule has 0 saturated heterocycles. The molecule has 8 nitrogen and oxygen atoms in total. The third-order valence-corrected chi connectivity index (χ3v) is 14.6. The third-order valence-electron chi connectivity index (χ3n) is 9.13. The van der Waals surface area contributed by atoms with Gasteiger partial charge in [0.1, 0.15) is 11.5 Å². The highest BCUT2D eigenvalue weighted by atomic mass is 32.2. The lowest BCUT2D eigenvalue weighted by Gasteiger charge is -2.27. The van der Waals surface area contributed by atoms with Gasteiger partial charge in [-0.15, -0.1) is 0 Å². The Morgan fingerprint density at radius 1 is 0.393 bits per heavy atom. The van der Waals surface area contributed by atoms with Crippen LogP contribution in [0.4, 0.5) is 11.4 Å². The lowest BCUT2D eigenvalue weighted by Crippen LogP contribution is -2.15. The van der Waals surface area contributed by atoms with E-state index in [2.05, 4.69) is 92.5 Å². The van der Waals surface area contributed by atoms with Gasteiger partial charge in [-0.2, -0.15) is 0 Å². The maximum atomic E-state index is 13.1. The van der Waals surface area contributed by atoms with Gasteiger partial charge in [0.05, 0.1) is 43.5 Å². The molecule has 0 aliphatic carbocycles. The van der Waals surface area contributed by atoms with Gasteiger partial charge in [-0.05, 0) is 92.4 Å². The van der Waals surface area contributed by atoms with Gasteiger partial charge in [0.2, 0.25) is 20.0 Å². The lowest BCUT2D eigenvalue weighted by molar-refractivity contribution is 0.446. The molecule has 1 aliphatic heterocycles. The molecule has 4 aromatic rings. The van der Waals surface area contributed by atoms with Crippen molar-refractivity contribution in [2.75, 3.05) is 22.0 Å². The zero-order valence-corrected chi connectivity index (χ0v) is 39.5. The van der Waals surface area contributed by atoms with E-state index in [0.717, 1.165) is 34.8 Å². The molecule has 304 valence electrons. The van der Waals surface area contributed by atoms with Crippen LogP contribution in [0.1, 0.15) is 105 Å². The molecular formula is C42H54N2O6S6. The fourth-order valence-corrected chi connectivity index (χ4v) is 11.8. The molecule has 5 rings (SSSR count). The highest BCUT2D eigenvalue weighted by Crippen LogP contribution is 2.55. The molecule has 0 atom stereocenters. The molecule has 0 unspecified atom stereocenters. The summed E-state index contributed by atoms with van der Waals surface area (Å²) < 4.78 is 57.9. The van der Waals surface area contributed by atoms with E-state index in [0.29, 0.717) is 50.5 Å². The van der Waals surface area contributed by atoms with Crippen LogP contribution in [0.3, 0.4) is 0 Å². The van der Waals surface area contributed by atoms with E-state index >= 15 is 0 Å². The molecule has 1 aliphatic rings. The fraction of sp³-hybridized carbons (Fsp3) is 0.429. The predicted octanol–water partition coefficient (Wildman–Crippen LogP) is 11.9. The van der Waals surface area contributed by atoms with Gasteiger partial charge < -0.3 is 10.2 Å². The van der Waals surface area contributed by atoms with E-state index in [-0.39, 0.29) is 33.2 Å². The van der Waals surface area contributed by atoms with E-state index < -0.39 is 20.0 Å². The van der Waals surface area contributed by atoms with Crippen LogP contribution in [0.2, 0.25) is 0 Å². The Morgan fingerprint density at radius 2 is 0.571 bits per heavy atom. The van der Waals surface area contributed by atoms with Crippen molar-refractivity contribution in [1.29, 1.82) is 0 Å². The van der Waals surface area contributed by atoms with Crippen molar-refractivity contribution in [3.05, 3.63) is 70.8 Å². The molecule has 0 amide bonds. The summed E-state index contributed by atoms with van der Waals surface area (Å²) in [7, 11) is -7.59. The molecule has 0 radical (unpaired) electrons. The first-order valence-corrected chi connectivity index (χ1v) is 25.1. The summed E-state index contributed by atoms with van der Waals surface area (Å²) in [5.74, 6) is -0.0294. The van der Waals surface area contributed by atoms with Crippen molar-refractivity contribution in [2.24, 2.45) is 0 Å². The van der Waals surface area contributed by atoms with Gasteiger partial charge in [0.25, 0.3) is 0 Å². The minimum absolute atomic E-state index is 0.0147. The monoisotopic (exact) mass is 874 g/mol. The number of benzene rings is 4. The zero-order valence-electron chi connectivity index (χ0n) is 34.6. The molecule has 0 spiro atoms. The van der Waals surface area contributed by atoms with Crippen molar-refractivity contribution < 1.29 is 27.0 Å². The third kappa shape index (κ3) is 10.5. The summed E-state index contributed by atoms with van der Waals surface area (Å²) in [5.41, 5.74) is 3.00. The molecule has 8 bridgehead atoms. The minimum atomic E-state index is -3.79. The fourth-order valence-electron chi connectivity index (χ4n) is 5.76. The summed E-state index contributed by atoms with van der Waals surface area (Å²) in [6.07, 6.45) is 2.22. The average molecular weight is 875 g/mol. The SMILES string of the molecule is CC(C)(C)c1cc2c(O)c(c1)Sc1cc(C(C)(C)C)cc(c1NS(C)(=O)=O)Sc1cc(C(C)(C)C)cc(c1O)Sc1cc(C(C)(C)C)cc(c1NS(C)(=O)=O)S2. The molecule has 0 aromatic heterocycles. The van der Waals surface area contributed by atoms with Crippen molar-refractivity contribution in [3.63, 3.8) is 0 Å². The quantitative estimate of drug-likeness (QED) is 0.138. The largest absolute Gasteiger partial charge is 0.506 e. The zero-order chi connectivity index (χ0) is 42.1. The Balaban J connectivity index is 2.01. The van der Waals surface area contributed by atoms with Crippen LogP contribution >= 0.6 is 47.0 Å². The molecular weight excluding hydrogens is 821 g/mol. The topological polar surface area (TPSA) is 133 Å². The Morgan fingerprint density at radius 3 is 0.732 bits per heavy atom. The maximum Gasteiger partial charge on any atom is 0.229 e. The Labute approximate surface area is 351 Å².